The van der Waals surface area contributed by atoms with Gasteiger partial charge < -0.3 is 4.90 Å². The Morgan fingerprint density at radius 2 is 1.88 bits per heavy atom. The molecule has 1 heterocycles. The Morgan fingerprint density at radius 3 is 2.44 bits per heavy atom. The molecule has 0 spiro atoms. The molecule has 1 aliphatic rings. The van der Waals surface area contributed by atoms with Gasteiger partial charge in [0, 0.05) is 19.0 Å². The van der Waals surface area contributed by atoms with Gasteiger partial charge in [-0.15, -0.1) is 11.6 Å². The van der Waals surface area contributed by atoms with Crippen LogP contribution in [-0.2, 0) is 5.88 Å². The zero-order chi connectivity index (χ0) is 11.7. The number of alkyl halides is 1. The number of rotatable bonds is 2. The van der Waals surface area contributed by atoms with E-state index in [1.807, 2.05) is 12.1 Å². The molecule has 0 bridgehead atoms. The van der Waals surface area contributed by atoms with E-state index in [-0.39, 0.29) is 0 Å². The van der Waals surface area contributed by atoms with Crippen LogP contribution in [-0.4, -0.2) is 13.1 Å². The topological polar surface area (TPSA) is 3.24 Å². The molecule has 1 saturated heterocycles. The maximum atomic E-state index is 6.28. The minimum atomic E-state index is 0.523. The maximum absolute atomic E-state index is 6.28. The van der Waals surface area contributed by atoms with Gasteiger partial charge in [0.15, 0.2) is 0 Å². The van der Waals surface area contributed by atoms with E-state index in [4.69, 9.17) is 23.2 Å². The first-order valence-electron chi connectivity index (χ1n) is 5.71. The van der Waals surface area contributed by atoms with E-state index >= 15 is 0 Å². The Labute approximate surface area is 107 Å². The fourth-order valence-corrected chi connectivity index (χ4v) is 2.86. The van der Waals surface area contributed by atoms with Gasteiger partial charge in [0.25, 0.3) is 0 Å². The van der Waals surface area contributed by atoms with Crippen molar-refractivity contribution in [2.45, 2.75) is 19.7 Å². The summed E-state index contributed by atoms with van der Waals surface area (Å²) in [5.41, 5.74) is 2.27. The van der Waals surface area contributed by atoms with E-state index < -0.39 is 0 Å². The van der Waals surface area contributed by atoms with Crippen molar-refractivity contribution in [2.24, 2.45) is 11.8 Å². The molecular weight excluding hydrogens is 241 g/mol. The van der Waals surface area contributed by atoms with Gasteiger partial charge in [0.2, 0.25) is 0 Å². The highest BCUT2D eigenvalue weighted by Gasteiger charge is 2.28. The highest BCUT2D eigenvalue weighted by atomic mass is 35.5. The van der Waals surface area contributed by atoms with Crippen LogP contribution in [0.15, 0.2) is 18.2 Å². The zero-order valence-electron chi connectivity index (χ0n) is 9.71. The SMILES string of the molecule is CC1CN(c2c(Cl)cccc2CCl)CC1C. The van der Waals surface area contributed by atoms with Gasteiger partial charge in [-0.1, -0.05) is 37.6 Å². The number of anilines is 1. The van der Waals surface area contributed by atoms with Crippen molar-refractivity contribution in [3.8, 4) is 0 Å². The summed E-state index contributed by atoms with van der Waals surface area (Å²) in [6, 6.07) is 5.97. The van der Waals surface area contributed by atoms with Crippen molar-refractivity contribution < 1.29 is 0 Å². The molecule has 0 amide bonds. The van der Waals surface area contributed by atoms with Gasteiger partial charge >= 0.3 is 0 Å². The van der Waals surface area contributed by atoms with Crippen LogP contribution in [0.1, 0.15) is 19.4 Å². The normalized spacial score (nSPS) is 25.1. The number of benzene rings is 1. The summed E-state index contributed by atoms with van der Waals surface area (Å²) in [4.78, 5) is 2.37. The molecule has 0 N–H and O–H groups in total. The van der Waals surface area contributed by atoms with Crippen LogP contribution in [0.3, 0.4) is 0 Å². The Hall–Kier alpha value is -0.400. The van der Waals surface area contributed by atoms with Crippen molar-refractivity contribution >= 4 is 28.9 Å². The van der Waals surface area contributed by atoms with Crippen LogP contribution in [0, 0.1) is 11.8 Å². The Balaban J connectivity index is 2.33. The van der Waals surface area contributed by atoms with Crippen LogP contribution in [0.2, 0.25) is 5.02 Å². The molecule has 16 heavy (non-hydrogen) atoms. The summed E-state index contributed by atoms with van der Waals surface area (Å²) in [6.45, 7) is 6.74. The molecule has 2 unspecified atom stereocenters. The molecule has 0 aromatic heterocycles. The van der Waals surface area contributed by atoms with Crippen LogP contribution >= 0.6 is 23.2 Å². The molecule has 2 rings (SSSR count). The lowest BCUT2D eigenvalue weighted by atomic mass is 10.0. The molecule has 1 aromatic rings. The molecule has 2 atom stereocenters. The van der Waals surface area contributed by atoms with Crippen molar-refractivity contribution in [1.82, 2.24) is 0 Å². The third-order valence-electron chi connectivity index (χ3n) is 3.52. The van der Waals surface area contributed by atoms with Gasteiger partial charge in [0.05, 0.1) is 10.7 Å². The Bertz CT molecular complexity index is 368. The lowest BCUT2D eigenvalue weighted by Gasteiger charge is -2.22. The minimum Gasteiger partial charge on any atom is -0.370 e. The average Bonchev–Trinajstić information content (AvgIpc) is 2.58. The third kappa shape index (κ3) is 2.16. The minimum absolute atomic E-state index is 0.523. The highest BCUT2D eigenvalue weighted by molar-refractivity contribution is 6.33. The summed E-state index contributed by atoms with van der Waals surface area (Å²) in [5.74, 6) is 1.97. The molecular formula is C13H17Cl2N. The van der Waals surface area contributed by atoms with Gasteiger partial charge in [0.1, 0.15) is 0 Å². The molecule has 0 radical (unpaired) electrons. The molecule has 1 nitrogen and oxygen atoms in total. The van der Waals surface area contributed by atoms with E-state index in [1.54, 1.807) is 0 Å². The molecule has 1 aliphatic heterocycles. The number of hydrogen-bond acceptors (Lipinski definition) is 1. The lowest BCUT2D eigenvalue weighted by Crippen LogP contribution is -2.21. The van der Waals surface area contributed by atoms with Gasteiger partial charge in [-0.25, -0.2) is 0 Å². The van der Waals surface area contributed by atoms with Gasteiger partial charge in [-0.2, -0.15) is 0 Å². The first-order chi connectivity index (χ1) is 7.63. The molecule has 0 aliphatic carbocycles. The standard InChI is InChI=1S/C13H17Cl2N/c1-9-7-16(8-10(9)2)13-11(6-14)4-3-5-12(13)15/h3-5,9-10H,6-8H2,1-2H3. The van der Waals surface area contributed by atoms with E-state index in [0.717, 1.165) is 41.2 Å². The van der Waals surface area contributed by atoms with Crippen molar-refractivity contribution in [3.63, 3.8) is 0 Å². The second-order valence-corrected chi connectivity index (χ2v) is 5.42. The number of nitrogens with zero attached hydrogens (tertiary/aromatic N) is 1. The summed E-state index contributed by atoms with van der Waals surface area (Å²) >= 11 is 12.3. The number of hydrogen-bond donors (Lipinski definition) is 0. The number of para-hydroxylation sites is 1. The van der Waals surface area contributed by atoms with E-state index in [9.17, 15) is 0 Å². The molecule has 0 saturated carbocycles. The lowest BCUT2D eigenvalue weighted by molar-refractivity contribution is 0.494. The third-order valence-corrected chi connectivity index (χ3v) is 4.11. The first-order valence-corrected chi connectivity index (χ1v) is 6.63. The van der Waals surface area contributed by atoms with Crippen LogP contribution in [0.25, 0.3) is 0 Å². The predicted octanol–water partition coefficient (Wildman–Crippen LogP) is 4.17. The predicted molar refractivity (Wildman–Crippen MR) is 71.6 cm³/mol. The van der Waals surface area contributed by atoms with Crippen LogP contribution in [0.5, 0.6) is 0 Å². The Morgan fingerprint density at radius 1 is 1.25 bits per heavy atom. The average molecular weight is 258 g/mol. The van der Waals surface area contributed by atoms with Gasteiger partial charge in [-0.05, 0) is 23.5 Å². The molecule has 88 valence electrons. The van der Waals surface area contributed by atoms with Crippen LogP contribution in [0.4, 0.5) is 5.69 Å². The summed E-state index contributed by atoms with van der Waals surface area (Å²) in [6.07, 6.45) is 0. The second kappa shape index (κ2) is 4.85. The summed E-state index contributed by atoms with van der Waals surface area (Å²) in [7, 11) is 0. The second-order valence-electron chi connectivity index (χ2n) is 4.74. The van der Waals surface area contributed by atoms with Crippen molar-refractivity contribution in [2.75, 3.05) is 18.0 Å². The van der Waals surface area contributed by atoms with Crippen molar-refractivity contribution in [3.05, 3.63) is 28.8 Å². The molecule has 3 heteroatoms. The fourth-order valence-electron chi connectivity index (χ4n) is 2.33. The quantitative estimate of drug-likeness (QED) is 0.719. The van der Waals surface area contributed by atoms with Crippen molar-refractivity contribution in [1.29, 1.82) is 0 Å². The summed E-state index contributed by atoms with van der Waals surface area (Å²) in [5, 5.41) is 0.819. The maximum Gasteiger partial charge on any atom is 0.0642 e. The Kier molecular flexibility index (Phi) is 3.66. The summed E-state index contributed by atoms with van der Waals surface area (Å²) < 4.78 is 0. The van der Waals surface area contributed by atoms with E-state index in [2.05, 4.69) is 24.8 Å². The number of halogens is 2. The van der Waals surface area contributed by atoms with Gasteiger partial charge in [-0.3, -0.25) is 0 Å². The molecule has 1 fully saturated rings. The van der Waals surface area contributed by atoms with E-state index in [1.165, 1.54) is 0 Å². The highest BCUT2D eigenvalue weighted by Crippen LogP contribution is 2.36. The van der Waals surface area contributed by atoms with Crippen LogP contribution < -0.4 is 4.90 Å². The van der Waals surface area contributed by atoms with E-state index in [0.29, 0.717) is 5.88 Å². The largest absolute Gasteiger partial charge is 0.370 e. The molecule has 1 aromatic carbocycles. The zero-order valence-corrected chi connectivity index (χ0v) is 11.2. The smallest absolute Gasteiger partial charge is 0.0642 e. The monoisotopic (exact) mass is 257 g/mol. The first kappa shape index (κ1) is 12.1. The fraction of sp³-hybridized carbons (Fsp3) is 0.538.